The van der Waals surface area contributed by atoms with Crippen molar-refractivity contribution < 1.29 is 9.72 Å². The van der Waals surface area contributed by atoms with Gasteiger partial charge < -0.3 is 10.6 Å². The molecule has 1 unspecified atom stereocenters. The molecule has 0 aliphatic carbocycles. The van der Waals surface area contributed by atoms with Crippen molar-refractivity contribution in [1.29, 1.82) is 0 Å². The van der Waals surface area contributed by atoms with Gasteiger partial charge in [0.15, 0.2) is 0 Å². The average molecular weight is 311 g/mol. The van der Waals surface area contributed by atoms with Gasteiger partial charge in [0.2, 0.25) is 0 Å². The van der Waals surface area contributed by atoms with Crippen LogP contribution in [0.15, 0.2) is 18.2 Å². The Labute approximate surface area is 128 Å². The first-order valence-corrected chi connectivity index (χ1v) is 7.99. The molecule has 21 heavy (non-hydrogen) atoms. The molecule has 0 fully saturated rings. The van der Waals surface area contributed by atoms with Crippen LogP contribution in [-0.4, -0.2) is 35.4 Å². The number of nitrogens with zero attached hydrogens (tertiary/aromatic N) is 1. The van der Waals surface area contributed by atoms with E-state index < -0.39 is 10.8 Å². The quantitative estimate of drug-likeness (QED) is 0.438. The molecule has 0 aliphatic heterocycles. The molecule has 0 radical (unpaired) electrons. The lowest BCUT2D eigenvalue weighted by atomic mass is 10.1. The van der Waals surface area contributed by atoms with Crippen molar-refractivity contribution in [3.8, 4) is 0 Å². The van der Waals surface area contributed by atoms with Crippen LogP contribution < -0.4 is 10.6 Å². The van der Waals surface area contributed by atoms with Crippen LogP contribution in [0.4, 0.5) is 11.4 Å². The van der Waals surface area contributed by atoms with Gasteiger partial charge in [0, 0.05) is 24.8 Å². The molecule has 1 aromatic rings. The maximum absolute atomic E-state index is 12.2. The molecule has 0 saturated heterocycles. The Morgan fingerprint density at radius 1 is 1.48 bits per heavy atom. The molecule has 1 rings (SSSR count). The number of hydrogen-bond acceptors (Lipinski definition) is 5. The van der Waals surface area contributed by atoms with Crippen LogP contribution in [0.5, 0.6) is 0 Å². The summed E-state index contributed by atoms with van der Waals surface area (Å²) in [5, 5.41) is 16.7. The molecule has 0 saturated carbocycles. The number of amides is 1. The Bertz CT molecular complexity index is 508. The summed E-state index contributed by atoms with van der Waals surface area (Å²) in [6.07, 6.45) is 0.837. The SMILES string of the molecule is CCSCCC(C)NC(=O)c1cc(NC)ccc1[N+](=O)[O-]. The van der Waals surface area contributed by atoms with E-state index in [0.717, 1.165) is 17.9 Å². The fourth-order valence-electron chi connectivity index (χ4n) is 1.81. The molecule has 7 heteroatoms. The monoisotopic (exact) mass is 311 g/mol. The van der Waals surface area contributed by atoms with Crippen LogP contribution in [0.2, 0.25) is 0 Å². The van der Waals surface area contributed by atoms with Crippen LogP contribution in [0, 0.1) is 10.1 Å². The predicted octanol–water partition coefficient (Wildman–Crippen LogP) is 2.90. The van der Waals surface area contributed by atoms with Crippen molar-refractivity contribution in [3.05, 3.63) is 33.9 Å². The summed E-state index contributed by atoms with van der Waals surface area (Å²) in [7, 11) is 1.70. The smallest absolute Gasteiger partial charge is 0.282 e. The molecular formula is C14H21N3O3S. The molecule has 6 nitrogen and oxygen atoms in total. The third kappa shape index (κ3) is 5.26. The van der Waals surface area contributed by atoms with Gasteiger partial charge in [-0.3, -0.25) is 14.9 Å². The minimum absolute atomic E-state index is 0.0191. The third-order valence-corrected chi connectivity index (χ3v) is 3.94. The maximum Gasteiger partial charge on any atom is 0.282 e. The molecule has 0 aromatic heterocycles. The van der Waals surface area contributed by atoms with E-state index >= 15 is 0 Å². The second-order valence-electron chi connectivity index (χ2n) is 4.60. The molecule has 0 spiro atoms. The summed E-state index contributed by atoms with van der Waals surface area (Å²) >= 11 is 1.80. The minimum Gasteiger partial charge on any atom is -0.388 e. The van der Waals surface area contributed by atoms with Crippen molar-refractivity contribution in [2.45, 2.75) is 26.3 Å². The van der Waals surface area contributed by atoms with Crippen LogP contribution in [0.1, 0.15) is 30.6 Å². The van der Waals surface area contributed by atoms with E-state index in [9.17, 15) is 14.9 Å². The summed E-state index contributed by atoms with van der Waals surface area (Å²) in [4.78, 5) is 22.7. The van der Waals surface area contributed by atoms with Crippen LogP contribution in [-0.2, 0) is 0 Å². The van der Waals surface area contributed by atoms with E-state index in [0.29, 0.717) is 5.69 Å². The number of thioether (sulfide) groups is 1. The molecule has 116 valence electrons. The average Bonchev–Trinajstić information content (AvgIpc) is 2.46. The Balaban J connectivity index is 2.82. The molecule has 2 N–H and O–H groups in total. The molecule has 0 aliphatic rings. The van der Waals surface area contributed by atoms with Crippen molar-refractivity contribution in [1.82, 2.24) is 5.32 Å². The van der Waals surface area contributed by atoms with Gasteiger partial charge in [0.05, 0.1) is 4.92 Å². The minimum atomic E-state index is -0.536. The van der Waals surface area contributed by atoms with Crippen LogP contribution >= 0.6 is 11.8 Å². The van der Waals surface area contributed by atoms with E-state index in [4.69, 9.17) is 0 Å². The summed E-state index contributed by atoms with van der Waals surface area (Å²) < 4.78 is 0. The summed E-state index contributed by atoms with van der Waals surface area (Å²) in [6.45, 7) is 3.99. The first-order chi connectivity index (χ1) is 9.99. The van der Waals surface area contributed by atoms with Gasteiger partial charge in [-0.15, -0.1) is 0 Å². The lowest BCUT2D eigenvalue weighted by molar-refractivity contribution is -0.385. The topological polar surface area (TPSA) is 84.3 Å². The zero-order valence-corrected chi connectivity index (χ0v) is 13.3. The molecule has 1 amide bonds. The van der Waals surface area contributed by atoms with Crippen LogP contribution in [0.3, 0.4) is 0 Å². The highest BCUT2D eigenvalue weighted by Gasteiger charge is 2.21. The van der Waals surface area contributed by atoms with E-state index in [1.807, 2.05) is 6.92 Å². The van der Waals surface area contributed by atoms with E-state index in [1.165, 1.54) is 12.1 Å². The van der Waals surface area contributed by atoms with Gasteiger partial charge in [-0.2, -0.15) is 11.8 Å². The highest BCUT2D eigenvalue weighted by Crippen LogP contribution is 2.22. The number of anilines is 1. The number of benzene rings is 1. The number of carbonyl (C=O) groups excluding carboxylic acids is 1. The first-order valence-electron chi connectivity index (χ1n) is 6.84. The Hall–Kier alpha value is -1.76. The normalized spacial score (nSPS) is 11.8. The summed E-state index contributed by atoms with van der Waals surface area (Å²) in [6, 6.07) is 4.41. The maximum atomic E-state index is 12.2. The van der Waals surface area contributed by atoms with Gasteiger partial charge in [0.25, 0.3) is 11.6 Å². The fraction of sp³-hybridized carbons (Fsp3) is 0.500. The van der Waals surface area contributed by atoms with Crippen molar-refractivity contribution in [3.63, 3.8) is 0 Å². The molecule has 1 aromatic carbocycles. The molecule has 1 atom stereocenters. The van der Waals surface area contributed by atoms with E-state index in [1.54, 1.807) is 24.9 Å². The Morgan fingerprint density at radius 2 is 2.19 bits per heavy atom. The number of nitro groups is 1. The van der Waals surface area contributed by atoms with Gasteiger partial charge >= 0.3 is 0 Å². The number of rotatable bonds is 8. The zero-order chi connectivity index (χ0) is 15.8. The number of hydrogen-bond donors (Lipinski definition) is 2. The lowest BCUT2D eigenvalue weighted by Gasteiger charge is -2.14. The predicted molar refractivity (Wildman–Crippen MR) is 87.2 cm³/mol. The van der Waals surface area contributed by atoms with E-state index in [2.05, 4.69) is 17.6 Å². The molecule has 0 bridgehead atoms. The molecule has 0 heterocycles. The van der Waals surface area contributed by atoms with Gasteiger partial charge in [-0.25, -0.2) is 0 Å². The van der Waals surface area contributed by atoms with Crippen molar-refractivity contribution in [2.24, 2.45) is 0 Å². The summed E-state index contributed by atoms with van der Waals surface area (Å²) in [5.41, 5.74) is 0.573. The van der Waals surface area contributed by atoms with Crippen molar-refractivity contribution >= 4 is 29.0 Å². The van der Waals surface area contributed by atoms with Gasteiger partial charge in [-0.05, 0) is 37.0 Å². The third-order valence-electron chi connectivity index (χ3n) is 3.00. The second-order valence-corrected chi connectivity index (χ2v) is 5.99. The van der Waals surface area contributed by atoms with Gasteiger partial charge in [0.1, 0.15) is 5.56 Å². The number of nitro benzene ring substituents is 1. The second kappa shape index (κ2) is 8.51. The highest BCUT2D eigenvalue weighted by atomic mass is 32.2. The Morgan fingerprint density at radius 3 is 2.76 bits per heavy atom. The number of carbonyl (C=O) groups is 1. The van der Waals surface area contributed by atoms with Crippen molar-refractivity contribution in [2.75, 3.05) is 23.9 Å². The lowest BCUT2D eigenvalue weighted by Crippen LogP contribution is -2.33. The van der Waals surface area contributed by atoms with E-state index in [-0.39, 0.29) is 17.3 Å². The van der Waals surface area contributed by atoms with Crippen LogP contribution in [0.25, 0.3) is 0 Å². The standard InChI is InChI=1S/C14H21N3O3S/c1-4-21-8-7-10(2)16-14(18)12-9-11(15-3)5-6-13(12)17(19)20/h5-6,9-10,15H,4,7-8H2,1-3H3,(H,16,18). The largest absolute Gasteiger partial charge is 0.388 e. The Kier molecular flexibility index (Phi) is 7.01. The zero-order valence-electron chi connectivity index (χ0n) is 12.5. The molecular weight excluding hydrogens is 290 g/mol. The fourth-order valence-corrected chi connectivity index (χ4v) is 2.62. The van der Waals surface area contributed by atoms with Gasteiger partial charge in [-0.1, -0.05) is 6.92 Å². The number of nitrogens with one attached hydrogen (secondary N) is 2. The highest BCUT2D eigenvalue weighted by molar-refractivity contribution is 7.99. The first kappa shape index (κ1) is 17.3. The summed E-state index contributed by atoms with van der Waals surface area (Å²) in [5.74, 6) is 1.58.